The number of nitrogens with zero attached hydrogens (tertiary/aromatic N) is 2. The smallest absolute Gasteiger partial charge is 0.262 e. The second-order valence-electron chi connectivity index (χ2n) is 8.51. The van der Waals surface area contributed by atoms with Crippen LogP contribution in [0.5, 0.6) is 0 Å². The second-order valence-corrected chi connectivity index (χ2v) is 10.2. The Labute approximate surface area is 194 Å². The van der Waals surface area contributed by atoms with E-state index in [-0.39, 0.29) is 22.6 Å². The fraction of sp³-hybridized carbons (Fsp3) is 0.375. The van der Waals surface area contributed by atoms with E-state index in [4.69, 9.17) is 0 Å². The number of carbonyl (C=O) groups excluding carboxylic acids is 2. The van der Waals surface area contributed by atoms with Crippen molar-refractivity contribution >= 4 is 33.4 Å². The van der Waals surface area contributed by atoms with E-state index in [1.807, 2.05) is 19.1 Å². The van der Waals surface area contributed by atoms with Crippen molar-refractivity contribution in [3.63, 3.8) is 0 Å². The molecule has 1 atom stereocenters. The first-order valence-corrected chi connectivity index (χ1v) is 12.6. The van der Waals surface area contributed by atoms with Gasteiger partial charge < -0.3 is 10.2 Å². The number of nitrogens with one attached hydrogen (secondary N) is 2. The summed E-state index contributed by atoms with van der Waals surface area (Å²) in [6, 6.07) is 13.6. The van der Waals surface area contributed by atoms with E-state index >= 15 is 0 Å². The molecule has 0 spiro atoms. The summed E-state index contributed by atoms with van der Waals surface area (Å²) < 4.78 is 27.8. The number of hydrogen-bond acceptors (Lipinski definition) is 5. The molecule has 0 radical (unpaired) electrons. The van der Waals surface area contributed by atoms with Crippen molar-refractivity contribution in [2.75, 3.05) is 25.0 Å². The summed E-state index contributed by atoms with van der Waals surface area (Å²) in [5.74, 6) is -0.204. The number of likely N-dealkylation sites (tertiary alicyclic amines) is 1. The average Bonchev–Trinajstić information content (AvgIpc) is 3.32. The van der Waals surface area contributed by atoms with Crippen molar-refractivity contribution in [2.45, 2.75) is 37.5 Å². The predicted molar refractivity (Wildman–Crippen MR) is 127 cm³/mol. The van der Waals surface area contributed by atoms with Crippen LogP contribution in [-0.4, -0.2) is 50.6 Å². The number of amidine groups is 1. The first-order chi connectivity index (χ1) is 15.8. The van der Waals surface area contributed by atoms with Gasteiger partial charge in [-0.05, 0) is 56.5 Å². The van der Waals surface area contributed by atoms with Crippen molar-refractivity contribution < 1.29 is 18.0 Å². The van der Waals surface area contributed by atoms with Crippen LogP contribution in [0.1, 0.15) is 41.6 Å². The fourth-order valence-corrected chi connectivity index (χ4v) is 5.21. The largest absolute Gasteiger partial charge is 0.338 e. The molecule has 8 nitrogen and oxygen atoms in total. The Morgan fingerprint density at radius 1 is 1.09 bits per heavy atom. The summed E-state index contributed by atoms with van der Waals surface area (Å²) in [4.78, 5) is 31.7. The highest BCUT2D eigenvalue weighted by Crippen LogP contribution is 2.22. The SMILES string of the molecule is Cc1ccc(C(=O)N2CCCC(C(=O)Nc3cccc(S(=O)(=O)NC4=NCCC4)c3)C2)cc1. The molecule has 2 heterocycles. The fourth-order valence-electron chi connectivity index (χ4n) is 4.08. The van der Waals surface area contributed by atoms with E-state index in [2.05, 4.69) is 15.0 Å². The molecule has 2 aliphatic heterocycles. The highest BCUT2D eigenvalue weighted by atomic mass is 32.2. The van der Waals surface area contributed by atoms with Crippen LogP contribution in [0, 0.1) is 12.8 Å². The van der Waals surface area contributed by atoms with E-state index in [1.165, 1.54) is 12.1 Å². The number of aryl methyl sites for hydroxylation is 1. The Morgan fingerprint density at radius 2 is 1.88 bits per heavy atom. The van der Waals surface area contributed by atoms with E-state index in [9.17, 15) is 18.0 Å². The van der Waals surface area contributed by atoms with E-state index in [0.717, 1.165) is 18.4 Å². The van der Waals surface area contributed by atoms with Crippen LogP contribution in [0.15, 0.2) is 58.4 Å². The number of benzene rings is 2. The summed E-state index contributed by atoms with van der Waals surface area (Å²) in [5, 5.41) is 2.83. The molecule has 2 aromatic carbocycles. The van der Waals surface area contributed by atoms with Crippen molar-refractivity contribution in [3.05, 3.63) is 59.7 Å². The molecular weight excluding hydrogens is 440 g/mol. The number of carbonyl (C=O) groups is 2. The maximum Gasteiger partial charge on any atom is 0.262 e. The summed E-state index contributed by atoms with van der Waals surface area (Å²) in [6.45, 7) is 3.53. The zero-order chi connectivity index (χ0) is 23.4. The summed E-state index contributed by atoms with van der Waals surface area (Å²) in [5.41, 5.74) is 2.09. The minimum Gasteiger partial charge on any atom is -0.338 e. The molecule has 1 saturated heterocycles. The Morgan fingerprint density at radius 3 is 2.61 bits per heavy atom. The summed E-state index contributed by atoms with van der Waals surface area (Å²) in [6.07, 6.45) is 2.84. The standard InChI is InChI=1S/C24H28N4O4S/c1-17-9-11-18(12-10-17)24(30)28-14-4-5-19(16-28)23(29)26-20-6-2-7-21(15-20)33(31,32)27-22-8-3-13-25-22/h2,6-7,9-12,15,19H,3-5,8,13-14,16H2,1H3,(H,25,27)(H,26,29). The number of aliphatic imine (C=N–C) groups is 1. The van der Waals surface area contributed by atoms with E-state index < -0.39 is 10.0 Å². The van der Waals surface area contributed by atoms with Crippen LogP contribution < -0.4 is 10.0 Å². The van der Waals surface area contributed by atoms with E-state index in [1.54, 1.807) is 29.2 Å². The molecule has 2 amide bonds. The van der Waals surface area contributed by atoms with Gasteiger partial charge in [-0.2, -0.15) is 0 Å². The molecule has 33 heavy (non-hydrogen) atoms. The molecule has 9 heteroatoms. The summed E-state index contributed by atoms with van der Waals surface area (Å²) >= 11 is 0. The molecule has 0 aliphatic carbocycles. The van der Waals surface area contributed by atoms with E-state index in [0.29, 0.717) is 49.6 Å². The van der Waals surface area contributed by atoms with Gasteiger partial charge >= 0.3 is 0 Å². The average molecular weight is 469 g/mol. The quantitative estimate of drug-likeness (QED) is 0.703. The summed E-state index contributed by atoms with van der Waals surface area (Å²) in [7, 11) is -3.77. The third-order valence-electron chi connectivity index (χ3n) is 5.92. The third-order valence-corrected chi connectivity index (χ3v) is 7.30. The minimum absolute atomic E-state index is 0.0646. The maximum absolute atomic E-state index is 12.9. The van der Waals surface area contributed by atoms with Crippen LogP contribution in [0.3, 0.4) is 0 Å². The van der Waals surface area contributed by atoms with Gasteiger partial charge in [0.2, 0.25) is 5.91 Å². The van der Waals surface area contributed by atoms with Gasteiger partial charge in [0.1, 0.15) is 5.84 Å². The molecule has 1 fully saturated rings. The maximum atomic E-state index is 12.9. The Balaban J connectivity index is 1.41. The second kappa shape index (κ2) is 9.74. The number of anilines is 1. The van der Waals surface area contributed by atoms with Crippen molar-refractivity contribution in [1.82, 2.24) is 9.62 Å². The van der Waals surface area contributed by atoms with Crippen molar-refractivity contribution in [3.8, 4) is 0 Å². The van der Waals surface area contributed by atoms with Gasteiger partial charge in [-0.15, -0.1) is 0 Å². The van der Waals surface area contributed by atoms with Gasteiger partial charge in [-0.25, -0.2) is 8.42 Å². The van der Waals surface area contributed by atoms with Crippen molar-refractivity contribution in [1.29, 1.82) is 0 Å². The lowest BCUT2D eigenvalue weighted by molar-refractivity contribution is -0.121. The van der Waals surface area contributed by atoms with Gasteiger partial charge in [-0.1, -0.05) is 23.8 Å². The Bertz CT molecular complexity index is 1180. The monoisotopic (exact) mass is 468 g/mol. The van der Waals surface area contributed by atoms with Crippen molar-refractivity contribution in [2.24, 2.45) is 10.9 Å². The highest BCUT2D eigenvalue weighted by Gasteiger charge is 2.29. The lowest BCUT2D eigenvalue weighted by Crippen LogP contribution is -2.43. The lowest BCUT2D eigenvalue weighted by Gasteiger charge is -2.32. The molecule has 2 N–H and O–H groups in total. The molecular formula is C24H28N4O4S. The predicted octanol–water partition coefficient (Wildman–Crippen LogP) is 2.96. The van der Waals surface area contributed by atoms with Gasteiger partial charge in [0.15, 0.2) is 0 Å². The Hall–Kier alpha value is -3.20. The molecule has 2 aliphatic rings. The van der Waals surface area contributed by atoms with Crippen LogP contribution >= 0.6 is 0 Å². The lowest BCUT2D eigenvalue weighted by atomic mass is 9.96. The molecule has 174 valence electrons. The molecule has 0 bridgehead atoms. The van der Waals surface area contributed by atoms with Crippen LogP contribution in [0.2, 0.25) is 0 Å². The zero-order valence-electron chi connectivity index (χ0n) is 18.6. The molecule has 0 aromatic heterocycles. The van der Waals surface area contributed by atoms with Gasteiger partial charge in [-0.3, -0.25) is 19.3 Å². The van der Waals surface area contributed by atoms with Crippen LogP contribution in [-0.2, 0) is 14.8 Å². The highest BCUT2D eigenvalue weighted by molar-refractivity contribution is 7.90. The molecule has 4 rings (SSSR count). The Kier molecular flexibility index (Phi) is 6.78. The van der Waals surface area contributed by atoms with Gasteiger partial charge in [0.05, 0.1) is 10.8 Å². The number of amides is 2. The normalized spacial score (nSPS) is 18.5. The first-order valence-electron chi connectivity index (χ1n) is 11.1. The van der Waals surface area contributed by atoms with Crippen LogP contribution in [0.25, 0.3) is 0 Å². The number of hydrogen-bond donors (Lipinski definition) is 2. The minimum atomic E-state index is -3.77. The number of rotatable bonds is 5. The topological polar surface area (TPSA) is 108 Å². The first kappa shape index (κ1) is 23.0. The third kappa shape index (κ3) is 5.60. The zero-order valence-corrected chi connectivity index (χ0v) is 19.4. The molecule has 2 aromatic rings. The number of sulfonamides is 1. The molecule has 1 unspecified atom stereocenters. The van der Waals surface area contributed by atoms with Gasteiger partial charge in [0, 0.05) is 37.3 Å². The van der Waals surface area contributed by atoms with Crippen LogP contribution in [0.4, 0.5) is 5.69 Å². The van der Waals surface area contributed by atoms with Gasteiger partial charge in [0.25, 0.3) is 15.9 Å². The molecule has 0 saturated carbocycles. The number of piperidine rings is 1.